The maximum Gasteiger partial charge on any atom is 0.238 e. The highest BCUT2D eigenvalue weighted by atomic mass is 15.2. The fourth-order valence-corrected chi connectivity index (χ4v) is 9.32. The van der Waals surface area contributed by atoms with E-state index in [1.54, 1.807) is 0 Å². The van der Waals surface area contributed by atoms with E-state index in [0.717, 1.165) is 39.7 Å². The van der Waals surface area contributed by atoms with Gasteiger partial charge in [0.2, 0.25) is 5.95 Å². The monoisotopic (exact) mass is 723 g/mol. The van der Waals surface area contributed by atoms with Gasteiger partial charge in [-0.1, -0.05) is 137 Å². The van der Waals surface area contributed by atoms with E-state index in [2.05, 4.69) is 152 Å². The van der Waals surface area contributed by atoms with Crippen molar-refractivity contribution < 1.29 is 0 Å². The van der Waals surface area contributed by atoms with E-state index in [-0.39, 0.29) is 10.8 Å². The lowest BCUT2D eigenvalue weighted by Gasteiger charge is -2.42. The van der Waals surface area contributed by atoms with Crippen LogP contribution in [0.15, 0.2) is 152 Å². The first-order chi connectivity index (χ1) is 27.2. The highest BCUT2D eigenvalue weighted by Gasteiger charge is 2.38. The van der Waals surface area contributed by atoms with Gasteiger partial charge >= 0.3 is 0 Å². The number of fused-ring (bicyclic) bond motifs is 9. The van der Waals surface area contributed by atoms with Crippen molar-refractivity contribution in [2.45, 2.75) is 51.4 Å². The first-order valence-corrected chi connectivity index (χ1v) is 19.7. The molecule has 5 heteroatoms. The summed E-state index contributed by atoms with van der Waals surface area (Å²) in [6.45, 7) is 9.66. The van der Waals surface area contributed by atoms with E-state index in [1.165, 1.54) is 55.5 Å². The Morgan fingerprint density at radius 2 is 0.946 bits per heavy atom. The third-order valence-corrected chi connectivity index (χ3v) is 12.4. The van der Waals surface area contributed by atoms with Crippen LogP contribution in [0, 0.1) is 0 Å². The van der Waals surface area contributed by atoms with Crippen molar-refractivity contribution in [1.82, 2.24) is 24.1 Å². The number of aromatic nitrogens is 5. The normalized spacial score (nSPS) is 14.9. The maximum atomic E-state index is 5.28. The van der Waals surface area contributed by atoms with Gasteiger partial charge in [-0.05, 0) is 88.0 Å². The molecular weight excluding hydrogens is 683 g/mol. The van der Waals surface area contributed by atoms with Crippen LogP contribution in [0.1, 0.15) is 51.7 Å². The summed E-state index contributed by atoms with van der Waals surface area (Å²) >= 11 is 0. The Kier molecular flexibility index (Phi) is 7.00. The molecule has 11 rings (SSSR count). The summed E-state index contributed by atoms with van der Waals surface area (Å²) in [6.07, 6.45) is 2.33. The van der Waals surface area contributed by atoms with Crippen molar-refractivity contribution in [2.24, 2.45) is 0 Å². The van der Waals surface area contributed by atoms with Gasteiger partial charge in [0.15, 0.2) is 11.6 Å². The Morgan fingerprint density at radius 1 is 0.429 bits per heavy atom. The molecule has 3 heterocycles. The quantitative estimate of drug-likeness (QED) is 0.182. The Morgan fingerprint density at radius 3 is 1.61 bits per heavy atom. The van der Waals surface area contributed by atoms with Crippen LogP contribution >= 0.6 is 0 Å². The van der Waals surface area contributed by atoms with Crippen molar-refractivity contribution in [3.05, 3.63) is 163 Å². The minimum Gasteiger partial charge on any atom is -0.309 e. The molecule has 0 saturated carbocycles. The number of hydrogen-bond acceptors (Lipinski definition) is 3. The standard InChI is InChI=1S/C51H41N5/c1-50(2)26-27-51(3,4)41-31-45-37(28-40(41)50)38-29-44-39(30-43(38)55(45)35-21-12-7-13-22-35)46-36-23-15-14-16-32(36)24-25-42(46)56(44)49-53-47(33-17-8-5-9-18-33)52-48(54-49)34-19-10-6-11-20-34/h5-25,28-31H,26-27H2,1-4H3. The smallest absolute Gasteiger partial charge is 0.238 e. The van der Waals surface area contributed by atoms with E-state index in [0.29, 0.717) is 17.6 Å². The number of benzene rings is 7. The van der Waals surface area contributed by atoms with Gasteiger partial charge in [0, 0.05) is 38.4 Å². The van der Waals surface area contributed by atoms with Crippen LogP contribution in [0.5, 0.6) is 0 Å². The highest BCUT2D eigenvalue weighted by Crippen LogP contribution is 2.49. The van der Waals surface area contributed by atoms with E-state index in [4.69, 9.17) is 15.0 Å². The molecule has 56 heavy (non-hydrogen) atoms. The molecule has 7 aromatic carbocycles. The summed E-state index contributed by atoms with van der Waals surface area (Å²) in [5, 5.41) is 7.24. The zero-order valence-corrected chi connectivity index (χ0v) is 32.1. The molecule has 1 aliphatic carbocycles. The third kappa shape index (κ3) is 4.90. The molecule has 0 bridgehead atoms. The Bertz CT molecular complexity index is 3110. The minimum absolute atomic E-state index is 0.0741. The predicted molar refractivity (Wildman–Crippen MR) is 232 cm³/mol. The zero-order chi connectivity index (χ0) is 37.8. The van der Waals surface area contributed by atoms with E-state index in [9.17, 15) is 0 Å². The largest absolute Gasteiger partial charge is 0.309 e. The molecule has 0 amide bonds. The molecule has 10 aromatic rings. The van der Waals surface area contributed by atoms with Gasteiger partial charge < -0.3 is 4.57 Å². The van der Waals surface area contributed by atoms with E-state index in [1.807, 2.05) is 36.4 Å². The van der Waals surface area contributed by atoms with Crippen LogP contribution in [-0.4, -0.2) is 24.1 Å². The van der Waals surface area contributed by atoms with Crippen LogP contribution in [0.3, 0.4) is 0 Å². The van der Waals surface area contributed by atoms with Crippen LogP contribution in [0.2, 0.25) is 0 Å². The fourth-order valence-electron chi connectivity index (χ4n) is 9.32. The van der Waals surface area contributed by atoms with Crippen molar-refractivity contribution in [2.75, 3.05) is 0 Å². The second-order valence-electron chi connectivity index (χ2n) is 16.8. The molecule has 0 saturated heterocycles. The molecule has 5 nitrogen and oxygen atoms in total. The molecule has 1 aliphatic rings. The lowest BCUT2D eigenvalue weighted by molar-refractivity contribution is 0.332. The van der Waals surface area contributed by atoms with Gasteiger partial charge in [0.25, 0.3) is 0 Å². The first-order valence-electron chi connectivity index (χ1n) is 19.7. The summed E-state index contributed by atoms with van der Waals surface area (Å²) in [5.74, 6) is 1.88. The average Bonchev–Trinajstić information content (AvgIpc) is 3.73. The number of rotatable bonds is 4. The lowest BCUT2D eigenvalue weighted by atomic mass is 9.63. The molecule has 0 spiro atoms. The molecule has 0 radical (unpaired) electrons. The maximum absolute atomic E-state index is 5.28. The number of nitrogens with zero attached hydrogens (tertiary/aromatic N) is 5. The van der Waals surface area contributed by atoms with Crippen LogP contribution in [0.25, 0.3) is 88.8 Å². The molecule has 0 N–H and O–H groups in total. The molecule has 0 unspecified atom stereocenters. The third-order valence-electron chi connectivity index (χ3n) is 12.4. The Balaban J connectivity index is 1.31. The topological polar surface area (TPSA) is 48.5 Å². The second-order valence-corrected chi connectivity index (χ2v) is 16.8. The van der Waals surface area contributed by atoms with Gasteiger partial charge in [-0.15, -0.1) is 0 Å². The minimum atomic E-state index is 0.0741. The Hall–Kier alpha value is -6.59. The average molecular weight is 724 g/mol. The molecule has 0 fully saturated rings. The van der Waals surface area contributed by atoms with Gasteiger partial charge in [-0.2, -0.15) is 9.97 Å². The number of hydrogen-bond donors (Lipinski definition) is 0. The summed E-state index contributed by atoms with van der Waals surface area (Å²) in [4.78, 5) is 15.6. The summed E-state index contributed by atoms with van der Waals surface area (Å²) < 4.78 is 4.76. The molecule has 0 atom stereocenters. The van der Waals surface area contributed by atoms with Crippen LogP contribution in [0.4, 0.5) is 0 Å². The molecule has 270 valence electrons. The summed E-state index contributed by atoms with van der Waals surface area (Å²) in [6, 6.07) is 54.4. The molecular formula is C51H41N5. The highest BCUT2D eigenvalue weighted by molar-refractivity contribution is 6.25. The summed E-state index contributed by atoms with van der Waals surface area (Å²) in [7, 11) is 0. The Labute approximate surface area is 325 Å². The van der Waals surface area contributed by atoms with Crippen LogP contribution < -0.4 is 0 Å². The lowest BCUT2D eigenvalue weighted by Crippen LogP contribution is -2.33. The van der Waals surface area contributed by atoms with Gasteiger partial charge in [0.1, 0.15) is 0 Å². The van der Waals surface area contributed by atoms with Gasteiger partial charge in [-0.3, -0.25) is 4.57 Å². The van der Waals surface area contributed by atoms with E-state index < -0.39 is 0 Å². The fraction of sp³-hybridized carbons (Fsp3) is 0.157. The van der Waals surface area contributed by atoms with Gasteiger partial charge in [-0.25, -0.2) is 4.98 Å². The molecule has 0 aliphatic heterocycles. The zero-order valence-electron chi connectivity index (χ0n) is 32.1. The van der Waals surface area contributed by atoms with Crippen molar-refractivity contribution in [3.63, 3.8) is 0 Å². The van der Waals surface area contributed by atoms with Crippen molar-refractivity contribution in [3.8, 4) is 34.4 Å². The first kappa shape index (κ1) is 32.8. The second kappa shape index (κ2) is 12.0. The van der Waals surface area contributed by atoms with Crippen molar-refractivity contribution >= 4 is 54.4 Å². The van der Waals surface area contributed by atoms with Gasteiger partial charge in [0.05, 0.1) is 22.1 Å². The SMILES string of the molecule is CC1(C)CCC(C)(C)c2cc3c(cc21)c1cc2c(cc1n3-c1ccccc1)c1c3ccccc3ccc1n2-c1nc(-c2ccccc2)nc(-c2ccccc2)n1. The predicted octanol–water partition coefficient (Wildman–Crippen LogP) is 12.9. The van der Waals surface area contributed by atoms with Crippen molar-refractivity contribution in [1.29, 1.82) is 0 Å². The summed E-state index contributed by atoms with van der Waals surface area (Å²) in [5.41, 5.74) is 10.7. The molecule has 3 aromatic heterocycles. The number of para-hydroxylation sites is 1. The van der Waals surface area contributed by atoms with Crippen LogP contribution in [-0.2, 0) is 10.8 Å². The van der Waals surface area contributed by atoms with E-state index >= 15 is 0 Å².